The largest absolute Gasteiger partial charge is 0.507 e. The number of methoxy groups -OCH3 is 2. The molecule has 1 saturated heterocycles. The normalized spacial score (nSPS) is 16.4. The molecule has 3 aromatic rings. The maximum absolute atomic E-state index is 13.5. The van der Waals surface area contributed by atoms with Gasteiger partial charge in [0.2, 0.25) is 0 Å². The summed E-state index contributed by atoms with van der Waals surface area (Å²) < 4.78 is 22.1. The fraction of sp³-hybridized carbons (Fsp3) is 0.241. The molecule has 1 aliphatic rings. The lowest BCUT2D eigenvalue weighted by atomic mass is 9.94. The lowest BCUT2D eigenvalue weighted by Gasteiger charge is -2.26. The van der Waals surface area contributed by atoms with E-state index in [2.05, 4.69) is 0 Å². The van der Waals surface area contributed by atoms with Crippen LogP contribution in [0.2, 0.25) is 5.02 Å². The van der Waals surface area contributed by atoms with Gasteiger partial charge in [-0.1, -0.05) is 41.9 Å². The summed E-state index contributed by atoms with van der Waals surface area (Å²) in [5, 5.41) is 11.7. The maximum Gasteiger partial charge on any atom is 0.300 e. The van der Waals surface area contributed by atoms with Gasteiger partial charge in [-0.25, -0.2) is 0 Å². The van der Waals surface area contributed by atoms with E-state index in [0.717, 1.165) is 0 Å². The molecule has 1 N–H and O–H groups in total. The van der Waals surface area contributed by atoms with E-state index in [9.17, 15) is 14.7 Å². The van der Waals surface area contributed by atoms with Crippen molar-refractivity contribution in [3.05, 3.63) is 82.4 Å². The smallest absolute Gasteiger partial charge is 0.300 e. The van der Waals surface area contributed by atoms with Crippen molar-refractivity contribution in [1.82, 2.24) is 0 Å². The van der Waals surface area contributed by atoms with Gasteiger partial charge < -0.3 is 24.1 Å². The fourth-order valence-electron chi connectivity index (χ4n) is 4.43. The molecular formula is C29H28ClNO7. The van der Waals surface area contributed by atoms with E-state index in [1.807, 2.05) is 19.9 Å². The molecule has 0 radical (unpaired) electrons. The second-order valence-electron chi connectivity index (χ2n) is 8.26. The second kappa shape index (κ2) is 11.5. The number of rotatable bonds is 9. The van der Waals surface area contributed by atoms with E-state index >= 15 is 0 Å². The third-order valence-corrected chi connectivity index (χ3v) is 6.39. The first-order valence-electron chi connectivity index (χ1n) is 12.0. The summed E-state index contributed by atoms with van der Waals surface area (Å²) in [6.45, 7) is 4.51. The number of anilines is 1. The minimum Gasteiger partial charge on any atom is -0.507 e. The Morgan fingerprint density at radius 2 is 1.53 bits per heavy atom. The lowest BCUT2D eigenvalue weighted by molar-refractivity contribution is -0.132. The van der Waals surface area contributed by atoms with Crippen molar-refractivity contribution in [3.8, 4) is 23.0 Å². The Labute approximate surface area is 225 Å². The molecule has 0 aliphatic carbocycles. The van der Waals surface area contributed by atoms with Gasteiger partial charge in [0.25, 0.3) is 11.7 Å². The van der Waals surface area contributed by atoms with Crippen LogP contribution in [0, 0.1) is 0 Å². The highest BCUT2D eigenvalue weighted by atomic mass is 35.5. The average Bonchev–Trinajstić information content (AvgIpc) is 3.20. The number of hydrogen-bond donors (Lipinski definition) is 1. The van der Waals surface area contributed by atoms with Crippen LogP contribution in [-0.4, -0.2) is 44.2 Å². The topological polar surface area (TPSA) is 94.5 Å². The van der Waals surface area contributed by atoms with Crippen LogP contribution in [0.15, 0.2) is 66.2 Å². The van der Waals surface area contributed by atoms with Crippen LogP contribution in [-0.2, 0) is 9.59 Å². The molecule has 1 unspecified atom stereocenters. The number of aliphatic hydroxyl groups is 1. The SMILES string of the molecule is CCOc1ccc(N2C(=O)C(=O)/C(=C(/O)c3cc(Cl)c(OC)cc3OC)C2c2ccccc2)cc1OCC. The molecule has 198 valence electrons. The molecule has 9 heteroatoms. The van der Waals surface area contributed by atoms with Crippen molar-refractivity contribution in [2.45, 2.75) is 19.9 Å². The molecule has 38 heavy (non-hydrogen) atoms. The molecular weight excluding hydrogens is 510 g/mol. The first-order chi connectivity index (χ1) is 18.4. The Bertz CT molecular complexity index is 1390. The molecule has 1 heterocycles. The maximum atomic E-state index is 13.5. The zero-order chi connectivity index (χ0) is 27.4. The number of hydrogen-bond acceptors (Lipinski definition) is 7. The Balaban J connectivity index is 1.95. The number of amides is 1. The van der Waals surface area contributed by atoms with Crippen LogP contribution >= 0.6 is 11.6 Å². The van der Waals surface area contributed by atoms with Gasteiger partial charge in [0.05, 0.1) is 49.6 Å². The van der Waals surface area contributed by atoms with Gasteiger partial charge in [-0.3, -0.25) is 14.5 Å². The van der Waals surface area contributed by atoms with Crippen molar-refractivity contribution in [2.24, 2.45) is 0 Å². The van der Waals surface area contributed by atoms with E-state index in [1.165, 1.54) is 31.3 Å². The number of aliphatic hydroxyl groups excluding tert-OH is 1. The average molecular weight is 538 g/mol. The van der Waals surface area contributed by atoms with Gasteiger partial charge in [-0.15, -0.1) is 0 Å². The summed E-state index contributed by atoms with van der Waals surface area (Å²) in [5.41, 5.74) is 1.08. The first-order valence-corrected chi connectivity index (χ1v) is 12.4. The van der Waals surface area contributed by atoms with Crippen LogP contribution in [0.3, 0.4) is 0 Å². The standard InChI is InChI=1S/C29H28ClNO7/c1-5-37-21-13-12-18(14-24(21)38-6-2)31-26(17-10-8-7-9-11-17)25(28(33)29(31)34)27(32)19-15-20(30)23(36-4)16-22(19)35-3/h7-16,26,32H,5-6H2,1-4H3/b27-25+. The van der Waals surface area contributed by atoms with E-state index in [4.69, 9.17) is 30.5 Å². The van der Waals surface area contributed by atoms with Crippen molar-refractivity contribution in [1.29, 1.82) is 0 Å². The third kappa shape index (κ3) is 4.87. The zero-order valence-electron chi connectivity index (χ0n) is 21.5. The highest BCUT2D eigenvalue weighted by Gasteiger charge is 2.47. The number of nitrogens with zero attached hydrogens (tertiary/aromatic N) is 1. The minimum absolute atomic E-state index is 0.104. The number of ether oxygens (including phenoxy) is 4. The third-order valence-electron chi connectivity index (χ3n) is 6.09. The number of carbonyl (C=O) groups excluding carboxylic acids is 2. The second-order valence-corrected chi connectivity index (χ2v) is 8.67. The Hall–Kier alpha value is -4.17. The van der Waals surface area contributed by atoms with E-state index in [0.29, 0.717) is 41.7 Å². The first kappa shape index (κ1) is 26.9. The molecule has 3 aromatic carbocycles. The lowest BCUT2D eigenvalue weighted by Crippen LogP contribution is -2.29. The molecule has 1 amide bonds. The van der Waals surface area contributed by atoms with Gasteiger partial charge in [0.1, 0.15) is 17.3 Å². The Morgan fingerprint density at radius 1 is 0.868 bits per heavy atom. The van der Waals surface area contributed by atoms with Crippen LogP contribution < -0.4 is 23.8 Å². The van der Waals surface area contributed by atoms with E-state index in [1.54, 1.807) is 42.5 Å². The summed E-state index contributed by atoms with van der Waals surface area (Å²) >= 11 is 6.34. The number of halogens is 1. The van der Waals surface area contributed by atoms with E-state index in [-0.39, 0.29) is 21.9 Å². The number of benzene rings is 3. The highest BCUT2D eigenvalue weighted by Crippen LogP contribution is 2.46. The quantitative estimate of drug-likeness (QED) is 0.210. The summed E-state index contributed by atoms with van der Waals surface area (Å²) in [6, 6.07) is 16.0. The van der Waals surface area contributed by atoms with Crippen molar-refractivity contribution < 1.29 is 33.6 Å². The molecule has 0 spiro atoms. The summed E-state index contributed by atoms with van der Waals surface area (Å²) in [5.74, 6) is -0.563. The van der Waals surface area contributed by atoms with Crippen molar-refractivity contribution in [2.75, 3.05) is 32.3 Å². The number of ketones is 1. The number of carbonyl (C=O) groups is 2. The minimum atomic E-state index is -0.936. The summed E-state index contributed by atoms with van der Waals surface area (Å²) in [4.78, 5) is 28.4. The monoisotopic (exact) mass is 537 g/mol. The predicted octanol–water partition coefficient (Wildman–Crippen LogP) is 5.78. The molecule has 8 nitrogen and oxygen atoms in total. The molecule has 1 fully saturated rings. The molecule has 0 aromatic heterocycles. The molecule has 0 bridgehead atoms. The van der Waals surface area contributed by atoms with Crippen LogP contribution in [0.1, 0.15) is 31.0 Å². The van der Waals surface area contributed by atoms with Gasteiger partial charge >= 0.3 is 0 Å². The van der Waals surface area contributed by atoms with Crippen LogP contribution in [0.25, 0.3) is 5.76 Å². The number of Topliss-reactive ketones (excluding diaryl/α,β-unsaturated/α-hetero) is 1. The van der Waals surface area contributed by atoms with Gasteiger partial charge in [-0.05, 0) is 37.6 Å². The van der Waals surface area contributed by atoms with Gasteiger partial charge in [0, 0.05) is 17.8 Å². The predicted molar refractivity (Wildman–Crippen MR) is 145 cm³/mol. The molecule has 1 atom stereocenters. The Morgan fingerprint density at radius 3 is 2.16 bits per heavy atom. The van der Waals surface area contributed by atoms with E-state index < -0.39 is 23.5 Å². The van der Waals surface area contributed by atoms with Gasteiger partial charge in [-0.2, -0.15) is 0 Å². The zero-order valence-corrected chi connectivity index (χ0v) is 22.2. The van der Waals surface area contributed by atoms with Crippen molar-refractivity contribution >= 4 is 34.7 Å². The molecule has 1 aliphatic heterocycles. The Kier molecular flexibility index (Phi) is 8.12. The summed E-state index contributed by atoms with van der Waals surface area (Å²) in [7, 11) is 2.87. The van der Waals surface area contributed by atoms with Gasteiger partial charge in [0.15, 0.2) is 11.5 Å². The van der Waals surface area contributed by atoms with Crippen LogP contribution in [0.4, 0.5) is 5.69 Å². The fourth-order valence-corrected chi connectivity index (χ4v) is 4.67. The molecule has 4 rings (SSSR count). The van der Waals surface area contributed by atoms with Crippen LogP contribution in [0.5, 0.6) is 23.0 Å². The summed E-state index contributed by atoms with van der Waals surface area (Å²) in [6.07, 6.45) is 0. The van der Waals surface area contributed by atoms with Crippen molar-refractivity contribution in [3.63, 3.8) is 0 Å². The highest BCUT2D eigenvalue weighted by molar-refractivity contribution is 6.51. The molecule has 0 saturated carbocycles.